The standard InChI is InChI=1S/C10H8N4O4/c15-9-6-13(10(16)12-9)11-5-7-3-1-2-4-8(7)14(17)18/h1-5H,6H2,(H,12,15,16)/b11-5+/i6+1,9+1,10+1. The van der Waals surface area contributed by atoms with Crippen LogP contribution in [-0.2, 0) is 4.79 Å². The lowest BCUT2D eigenvalue weighted by Crippen LogP contribution is -2.24. The molecule has 0 atom stereocenters. The van der Waals surface area contributed by atoms with Crippen LogP contribution in [0, 0.1) is 10.1 Å². The number of rotatable bonds is 3. The number of nitrogens with zero attached hydrogens (tertiary/aromatic N) is 3. The van der Waals surface area contributed by atoms with Gasteiger partial charge in [0.1, 0.15) is 6.54 Å². The molecule has 8 heteroatoms. The van der Waals surface area contributed by atoms with Crippen LogP contribution in [0.1, 0.15) is 5.56 Å². The Morgan fingerprint density at radius 2 is 2.11 bits per heavy atom. The molecule has 1 fully saturated rings. The van der Waals surface area contributed by atoms with Gasteiger partial charge in [0.2, 0.25) is 5.91 Å². The van der Waals surface area contributed by atoms with E-state index in [1.807, 2.05) is 5.32 Å². The second kappa shape index (κ2) is 4.62. The quantitative estimate of drug-likeness (QED) is 0.277. The summed E-state index contributed by atoms with van der Waals surface area (Å²) in [4.78, 5) is 32.3. The van der Waals surface area contributed by atoms with Gasteiger partial charge in [0.25, 0.3) is 5.69 Å². The van der Waals surface area contributed by atoms with E-state index in [0.29, 0.717) is 0 Å². The van der Waals surface area contributed by atoms with Gasteiger partial charge in [0, 0.05) is 6.07 Å². The summed E-state index contributed by atoms with van der Waals surface area (Å²) in [6, 6.07) is 5.33. The molecule has 0 aromatic heterocycles. The molecule has 0 spiro atoms. The molecule has 1 heterocycles. The van der Waals surface area contributed by atoms with Crippen LogP contribution in [0.4, 0.5) is 10.5 Å². The van der Waals surface area contributed by atoms with Gasteiger partial charge in [-0.15, -0.1) is 0 Å². The fraction of sp³-hybridized carbons (Fsp3) is 0.100. The maximum atomic E-state index is 11.2. The van der Waals surface area contributed by atoms with Crippen LogP contribution in [0.2, 0.25) is 0 Å². The Hall–Kier alpha value is -2.77. The minimum Gasteiger partial charge on any atom is -0.275 e. The lowest BCUT2D eigenvalue weighted by atomic mass is 10.2. The molecule has 1 aliphatic heterocycles. The molecule has 1 aromatic carbocycles. The molecule has 2 rings (SSSR count). The first-order chi connectivity index (χ1) is 8.58. The minimum absolute atomic E-state index is 0.118. The van der Waals surface area contributed by atoms with Crippen molar-refractivity contribution >= 4 is 23.8 Å². The first kappa shape index (κ1) is 11.7. The van der Waals surface area contributed by atoms with Crippen LogP contribution >= 0.6 is 0 Å². The molecule has 1 aromatic rings. The maximum absolute atomic E-state index is 11.2. The highest BCUT2D eigenvalue weighted by Crippen LogP contribution is 2.15. The third-order valence-electron chi connectivity index (χ3n) is 2.24. The summed E-state index contributed by atoms with van der Waals surface area (Å²) < 4.78 is 0. The predicted molar refractivity (Wildman–Crippen MR) is 60.9 cm³/mol. The number of imide groups is 1. The van der Waals surface area contributed by atoms with E-state index in [2.05, 4.69) is 5.10 Å². The molecule has 1 aliphatic rings. The SMILES string of the molecule is O=[13C]1[13CH2]N(/N=C/c2ccccc2[N+](=O)[O-])[13C](=O)N1. The fourth-order valence-corrected chi connectivity index (χ4v) is 1.42. The van der Waals surface area contributed by atoms with Crippen molar-refractivity contribution in [2.45, 2.75) is 0 Å². The van der Waals surface area contributed by atoms with Gasteiger partial charge in [-0.25, -0.2) is 9.80 Å². The molecular formula is C10H8N4O4. The van der Waals surface area contributed by atoms with Gasteiger partial charge in [-0.1, -0.05) is 12.1 Å². The van der Waals surface area contributed by atoms with Gasteiger partial charge < -0.3 is 0 Å². The predicted octanol–water partition coefficient (Wildman–Crippen LogP) is 0.480. The van der Waals surface area contributed by atoms with Crippen molar-refractivity contribution < 1.29 is 14.5 Å². The molecule has 1 N–H and O–H groups in total. The number of nitrogens with one attached hydrogen (secondary N) is 1. The lowest BCUT2D eigenvalue weighted by Gasteiger charge is -2.04. The van der Waals surface area contributed by atoms with Crippen LogP contribution in [0.25, 0.3) is 0 Å². The zero-order chi connectivity index (χ0) is 13.1. The molecule has 18 heavy (non-hydrogen) atoms. The molecule has 8 nitrogen and oxygen atoms in total. The summed E-state index contributed by atoms with van der Waals surface area (Å²) >= 11 is 0. The first-order valence-corrected chi connectivity index (χ1v) is 4.96. The van der Waals surface area contributed by atoms with Crippen LogP contribution < -0.4 is 5.32 Å². The number of amides is 3. The van der Waals surface area contributed by atoms with E-state index in [9.17, 15) is 19.7 Å². The van der Waals surface area contributed by atoms with E-state index >= 15 is 0 Å². The van der Waals surface area contributed by atoms with Crippen molar-refractivity contribution in [2.24, 2.45) is 5.10 Å². The Bertz CT molecular complexity index is 555. The first-order valence-electron chi connectivity index (χ1n) is 4.96. The third kappa shape index (κ3) is 2.32. The highest BCUT2D eigenvalue weighted by atomic mass is 16.6. The number of hydrogen-bond acceptors (Lipinski definition) is 5. The zero-order valence-corrected chi connectivity index (χ0v) is 9.07. The summed E-state index contributed by atoms with van der Waals surface area (Å²) in [7, 11) is 0. The number of hydrogen-bond donors (Lipinski definition) is 1. The smallest absolute Gasteiger partial charge is 0.275 e. The van der Waals surface area contributed by atoms with Crippen molar-refractivity contribution in [1.29, 1.82) is 0 Å². The number of urea groups is 1. The molecule has 0 saturated carbocycles. The Morgan fingerprint density at radius 1 is 1.39 bits per heavy atom. The van der Waals surface area contributed by atoms with Crippen molar-refractivity contribution in [3.63, 3.8) is 0 Å². The van der Waals surface area contributed by atoms with E-state index in [1.165, 1.54) is 24.4 Å². The molecule has 1 saturated heterocycles. The van der Waals surface area contributed by atoms with Crippen LogP contribution in [0.3, 0.4) is 0 Å². The Labute approximate surface area is 101 Å². The Morgan fingerprint density at radius 3 is 2.72 bits per heavy atom. The van der Waals surface area contributed by atoms with E-state index in [0.717, 1.165) is 5.01 Å². The molecule has 92 valence electrons. The normalized spacial score (nSPS) is 15.2. The second-order valence-corrected chi connectivity index (χ2v) is 3.47. The van der Waals surface area contributed by atoms with E-state index in [-0.39, 0.29) is 17.8 Å². The number of para-hydroxylation sites is 1. The van der Waals surface area contributed by atoms with Gasteiger partial charge in [-0.2, -0.15) is 5.10 Å². The summed E-state index contributed by atoms with van der Waals surface area (Å²) in [6.07, 6.45) is 1.18. The summed E-state index contributed by atoms with van der Waals surface area (Å²) in [6.45, 7) is -0.185. The van der Waals surface area contributed by atoms with Gasteiger partial charge in [-0.3, -0.25) is 20.2 Å². The minimum atomic E-state index is -0.644. The zero-order valence-electron chi connectivity index (χ0n) is 9.07. The molecule has 0 radical (unpaired) electrons. The van der Waals surface area contributed by atoms with Crippen LogP contribution in [-0.4, -0.2) is 34.6 Å². The van der Waals surface area contributed by atoms with Crippen molar-refractivity contribution in [3.05, 3.63) is 39.9 Å². The molecule has 0 aliphatic carbocycles. The van der Waals surface area contributed by atoms with Crippen LogP contribution in [0.15, 0.2) is 29.4 Å². The molecule has 0 unspecified atom stereocenters. The van der Waals surface area contributed by atoms with Gasteiger partial charge in [0.15, 0.2) is 0 Å². The van der Waals surface area contributed by atoms with E-state index < -0.39 is 16.9 Å². The van der Waals surface area contributed by atoms with Crippen LogP contribution in [0.5, 0.6) is 0 Å². The number of benzene rings is 1. The van der Waals surface area contributed by atoms with E-state index in [4.69, 9.17) is 0 Å². The summed E-state index contributed by atoms with van der Waals surface area (Å²) in [5.41, 5.74) is 0.141. The van der Waals surface area contributed by atoms with Gasteiger partial charge >= 0.3 is 6.03 Å². The van der Waals surface area contributed by atoms with Gasteiger partial charge in [0.05, 0.1) is 16.7 Å². The highest BCUT2D eigenvalue weighted by molar-refractivity contribution is 6.02. The van der Waals surface area contributed by atoms with Crippen molar-refractivity contribution in [2.75, 3.05) is 6.54 Å². The molecule has 0 bridgehead atoms. The maximum Gasteiger partial charge on any atom is 0.344 e. The Kier molecular flexibility index (Phi) is 3.00. The Balaban J connectivity index is 2.21. The molecule has 3 amide bonds. The number of nitro groups is 1. The topological polar surface area (TPSA) is 105 Å². The van der Waals surface area contributed by atoms with Crippen molar-refractivity contribution in [1.82, 2.24) is 10.3 Å². The monoisotopic (exact) mass is 251 g/mol. The average Bonchev–Trinajstić information content (AvgIpc) is 2.65. The number of hydrazone groups is 1. The largest absolute Gasteiger partial charge is 0.344 e. The highest BCUT2D eigenvalue weighted by Gasteiger charge is 2.26. The molecular weight excluding hydrogens is 243 g/mol. The number of carbonyl (C=O) groups excluding carboxylic acids is 2. The lowest BCUT2D eigenvalue weighted by molar-refractivity contribution is -0.385. The summed E-state index contributed by atoms with van der Waals surface area (Å²) in [5.74, 6) is -0.459. The van der Waals surface area contributed by atoms with Crippen molar-refractivity contribution in [3.8, 4) is 0 Å². The number of carbonyl (C=O) groups is 2. The van der Waals surface area contributed by atoms with E-state index in [1.54, 1.807) is 6.07 Å². The number of nitro benzene ring substituents is 1. The third-order valence-corrected chi connectivity index (χ3v) is 2.24. The summed E-state index contributed by atoms with van der Waals surface area (Å²) in [5, 5.41) is 17.4. The van der Waals surface area contributed by atoms with Gasteiger partial charge in [-0.05, 0) is 6.07 Å². The fourth-order valence-electron chi connectivity index (χ4n) is 1.42. The average molecular weight is 251 g/mol. The second-order valence-electron chi connectivity index (χ2n) is 3.47.